The lowest BCUT2D eigenvalue weighted by molar-refractivity contribution is -0.122. The van der Waals surface area contributed by atoms with Crippen molar-refractivity contribution in [2.24, 2.45) is 11.7 Å². The van der Waals surface area contributed by atoms with Crippen LogP contribution in [0.1, 0.15) is 45.7 Å². The topological polar surface area (TPSA) is 73.6 Å². The van der Waals surface area contributed by atoms with Gasteiger partial charge in [0.05, 0.1) is 19.3 Å². The maximum Gasteiger partial charge on any atom is 0.221 e. The van der Waals surface area contributed by atoms with E-state index in [0.29, 0.717) is 31.9 Å². The molecule has 0 fully saturated rings. The van der Waals surface area contributed by atoms with Crippen LogP contribution in [0.15, 0.2) is 18.2 Å². The standard InChI is InChI=1S/C17H28N2O3/c1-5-21-14-8-7-13(11-15(14)22-6-2)17(12(3)4)19-16(20)9-10-18/h7-8,11-12,17H,5-6,9-10,18H2,1-4H3,(H,19,20). The highest BCUT2D eigenvalue weighted by molar-refractivity contribution is 5.76. The molecule has 0 saturated heterocycles. The summed E-state index contributed by atoms with van der Waals surface area (Å²) in [5, 5.41) is 3.04. The van der Waals surface area contributed by atoms with Crippen molar-refractivity contribution in [3.63, 3.8) is 0 Å². The van der Waals surface area contributed by atoms with Gasteiger partial charge in [-0.2, -0.15) is 0 Å². The van der Waals surface area contributed by atoms with Crippen molar-refractivity contribution in [2.75, 3.05) is 19.8 Å². The second-order valence-corrected chi connectivity index (χ2v) is 5.40. The maximum atomic E-state index is 11.9. The largest absolute Gasteiger partial charge is 0.490 e. The lowest BCUT2D eigenvalue weighted by atomic mass is 9.95. The molecule has 1 amide bonds. The van der Waals surface area contributed by atoms with Gasteiger partial charge >= 0.3 is 0 Å². The van der Waals surface area contributed by atoms with E-state index in [1.165, 1.54) is 0 Å². The number of amides is 1. The fourth-order valence-corrected chi connectivity index (χ4v) is 2.27. The second-order valence-electron chi connectivity index (χ2n) is 5.40. The number of hydrogen-bond donors (Lipinski definition) is 2. The Kier molecular flexibility index (Phi) is 7.74. The van der Waals surface area contributed by atoms with E-state index in [1.807, 2.05) is 32.0 Å². The normalized spacial score (nSPS) is 12.1. The van der Waals surface area contributed by atoms with Gasteiger partial charge in [-0.25, -0.2) is 0 Å². The first kappa shape index (κ1) is 18.3. The van der Waals surface area contributed by atoms with Crippen molar-refractivity contribution < 1.29 is 14.3 Å². The summed E-state index contributed by atoms with van der Waals surface area (Å²) in [7, 11) is 0. The number of rotatable bonds is 9. The lowest BCUT2D eigenvalue weighted by Gasteiger charge is -2.24. The average Bonchev–Trinajstić information content (AvgIpc) is 2.47. The SMILES string of the molecule is CCOc1ccc(C(NC(=O)CCN)C(C)C)cc1OCC. The summed E-state index contributed by atoms with van der Waals surface area (Å²) in [6.45, 7) is 9.52. The lowest BCUT2D eigenvalue weighted by Crippen LogP contribution is -2.32. The molecule has 0 aliphatic carbocycles. The molecule has 124 valence electrons. The molecule has 0 radical (unpaired) electrons. The molecular formula is C17H28N2O3. The van der Waals surface area contributed by atoms with Gasteiger partial charge < -0.3 is 20.5 Å². The highest BCUT2D eigenvalue weighted by Gasteiger charge is 2.20. The van der Waals surface area contributed by atoms with Crippen LogP contribution >= 0.6 is 0 Å². The quantitative estimate of drug-likeness (QED) is 0.735. The van der Waals surface area contributed by atoms with E-state index in [-0.39, 0.29) is 17.9 Å². The molecule has 0 aliphatic rings. The van der Waals surface area contributed by atoms with Gasteiger partial charge in [-0.15, -0.1) is 0 Å². The molecule has 1 aromatic carbocycles. The Balaban J connectivity index is 3.03. The summed E-state index contributed by atoms with van der Waals surface area (Å²) in [5.74, 6) is 1.66. The molecule has 0 heterocycles. The minimum Gasteiger partial charge on any atom is -0.490 e. The number of nitrogens with two attached hydrogens (primary N) is 1. The molecule has 0 bridgehead atoms. The predicted molar refractivity (Wildman–Crippen MR) is 88.2 cm³/mol. The van der Waals surface area contributed by atoms with Crippen LogP contribution < -0.4 is 20.5 Å². The molecule has 0 aliphatic heterocycles. The van der Waals surface area contributed by atoms with E-state index in [0.717, 1.165) is 11.3 Å². The molecule has 0 aromatic heterocycles. The van der Waals surface area contributed by atoms with Crippen LogP contribution in [-0.4, -0.2) is 25.7 Å². The van der Waals surface area contributed by atoms with Crippen LogP contribution in [0.3, 0.4) is 0 Å². The first-order chi connectivity index (χ1) is 10.5. The van der Waals surface area contributed by atoms with Crippen molar-refractivity contribution >= 4 is 5.91 Å². The van der Waals surface area contributed by atoms with Gasteiger partial charge in [-0.05, 0) is 37.5 Å². The Hall–Kier alpha value is -1.75. The monoisotopic (exact) mass is 308 g/mol. The number of ether oxygens (including phenoxy) is 2. The summed E-state index contributed by atoms with van der Waals surface area (Å²) in [6, 6.07) is 5.74. The summed E-state index contributed by atoms with van der Waals surface area (Å²) < 4.78 is 11.2. The molecule has 22 heavy (non-hydrogen) atoms. The first-order valence-corrected chi connectivity index (χ1v) is 7.92. The van der Waals surface area contributed by atoms with Crippen molar-refractivity contribution in [3.05, 3.63) is 23.8 Å². The molecule has 0 saturated carbocycles. The van der Waals surface area contributed by atoms with Crippen LogP contribution in [0, 0.1) is 5.92 Å². The Bertz CT molecular complexity index is 475. The van der Waals surface area contributed by atoms with E-state index in [1.54, 1.807) is 0 Å². The zero-order valence-corrected chi connectivity index (χ0v) is 14.0. The van der Waals surface area contributed by atoms with Crippen LogP contribution in [-0.2, 0) is 4.79 Å². The summed E-state index contributed by atoms with van der Waals surface area (Å²) in [4.78, 5) is 11.9. The van der Waals surface area contributed by atoms with Crippen molar-refractivity contribution in [1.29, 1.82) is 0 Å². The first-order valence-electron chi connectivity index (χ1n) is 7.92. The van der Waals surface area contributed by atoms with Gasteiger partial charge in [0.2, 0.25) is 5.91 Å². The molecule has 1 atom stereocenters. The van der Waals surface area contributed by atoms with E-state index in [9.17, 15) is 4.79 Å². The van der Waals surface area contributed by atoms with Crippen LogP contribution in [0.5, 0.6) is 11.5 Å². The highest BCUT2D eigenvalue weighted by atomic mass is 16.5. The smallest absolute Gasteiger partial charge is 0.221 e. The van der Waals surface area contributed by atoms with Crippen LogP contribution in [0.2, 0.25) is 0 Å². The van der Waals surface area contributed by atoms with Crippen molar-refractivity contribution in [3.8, 4) is 11.5 Å². The average molecular weight is 308 g/mol. The maximum absolute atomic E-state index is 11.9. The summed E-state index contributed by atoms with van der Waals surface area (Å²) >= 11 is 0. The van der Waals surface area contributed by atoms with Gasteiger partial charge in [-0.3, -0.25) is 4.79 Å². The van der Waals surface area contributed by atoms with Gasteiger partial charge in [0.1, 0.15) is 0 Å². The second kappa shape index (κ2) is 9.30. The number of benzene rings is 1. The molecule has 0 spiro atoms. The molecule has 5 nitrogen and oxygen atoms in total. The summed E-state index contributed by atoms with van der Waals surface area (Å²) in [5.41, 5.74) is 6.45. The number of carbonyl (C=O) groups excluding carboxylic acids is 1. The Morgan fingerprint density at radius 3 is 2.36 bits per heavy atom. The molecule has 5 heteroatoms. The number of nitrogens with one attached hydrogen (secondary N) is 1. The van der Waals surface area contributed by atoms with E-state index < -0.39 is 0 Å². The van der Waals surface area contributed by atoms with Crippen molar-refractivity contribution in [1.82, 2.24) is 5.32 Å². The van der Waals surface area contributed by atoms with Gasteiger partial charge in [0.25, 0.3) is 0 Å². The molecule has 1 aromatic rings. The zero-order valence-electron chi connectivity index (χ0n) is 14.0. The Morgan fingerprint density at radius 1 is 1.18 bits per heavy atom. The third-order valence-corrected chi connectivity index (χ3v) is 3.28. The van der Waals surface area contributed by atoms with Crippen molar-refractivity contribution in [2.45, 2.75) is 40.2 Å². The fraction of sp³-hybridized carbons (Fsp3) is 0.588. The van der Waals surface area contributed by atoms with Gasteiger partial charge in [0, 0.05) is 13.0 Å². The third kappa shape index (κ3) is 5.22. The minimum absolute atomic E-state index is 0.0342. The number of carbonyl (C=O) groups is 1. The van der Waals surface area contributed by atoms with E-state index >= 15 is 0 Å². The van der Waals surface area contributed by atoms with E-state index in [2.05, 4.69) is 19.2 Å². The minimum atomic E-state index is -0.0751. The van der Waals surface area contributed by atoms with Gasteiger partial charge in [0.15, 0.2) is 11.5 Å². The Labute approximate surface area is 133 Å². The molecule has 3 N–H and O–H groups in total. The molecule has 1 unspecified atom stereocenters. The van der Waals surface area contributed by atoms with Crippen LogP contribution in [0.4, 0.5) is 0 Å². The highest BCUT2D eigenvalue weighted by Crippen LogP contribution is 2.32. The predicted octanol–water partition coefficient (Wildman–Crippen LogP) is 2.65. The van der Waals surface area contributed by atoms with Crippen LogP contribution in [0.25, 0.3) is 0 Å². The fourth-order valence-electron chi connectivity index (χ4n) is 2.27. The molecular weight excluding hydrogens is 280 g/mol. The molecule has 1 rings (SSSR count). The van der Waals surface area contributed by atoms with E-state index in [4.69, 9.17) is 15.2 Å². The number of hydrogen-bond acceptors (Lipinski definition) is 4. The third-order valence-electron chi connectivity index (χ3n) is 3.28. The Morgan fingerprint density at radius 2 is 1.82 bits per heavy atom. The summed E-state index contributed by atoms with van der Waals surface area (Å²) in [6.07, 6.45) is 0.332. The zero-order chi connectivity index (χ0) is 16.5. The van der Waals surface area contributed by atoms with Gasteiger partial charge in [-0.1, -0.05) is 19.9 Å².